The van der Waals surface area contributed by atoms with Gasteiger partial charge in [0.2, 0.25) is 0 Å². The van der Waals surface area contributed by atoms with E-state index < -0.39 is 6.17 Å². The lowest BCUT2D eigenvalue weighted by atomic mass is 10.2. The zero-order valence-corrected chi connectivity index (χ0v) is 15.6. The van der Waals surface area contributed by atoms with Crippen LogP contribution in [-0.2, 0) is 0 Å². The van der Waals surface area contributed by atoms with Gasteiger partial charge >= 0.3 is 0 Å². The fraction of sp³-hybridized carbons (Fsp3) is 0.111. The molecule has 0 spiro atoms. The molecule has 0 radical (unpaired) electrons. The lowest BCUT2D eigenvalue weighted by Gasteiger charge is -2.19. The van der Waals surface area contributed by atoms with Gasteiger partial charge in [0.25, 0.3) is 11.8 Å². The van der Waals surface area contributed by atoms with Crippen LogP contribution in [-0.4, -0.2) is 28.2 Å². The summed E-state index contributed by atoms with van der Waals surface area (Å²) < 4.78 is 0. The lowest BCUT2D eigenvalue weighted by molar-refractivity contribution is 0.0969. The van der Waals surface area contributed by atoms with Crippen LogP contribution in [0.5, 0.6) is 0 Å². The summed E-state index contributed by atoms with van der Waals surface area (Å²) >= 11 is 10.2. The third-order valence-electron chi connectivity index (χ3n) is 3.22. The molecule has 26 heavy (non-hydrogen) atoms. The van der Waals surface area contributed by atoms with Crippen LogP contribution in [0.3, 0.4) is 0 Å². The number of nitrogens with one attached hydrogen (secondary N) is 4. The van der Waals surface area contributed by atoms with Gasteiger partial charge in [-0.3, -0.25) is 20.2 Å². The summed E-state index contributed by atoms with van der Waals surface area (Å²) in [5.74, 6) is -0.620. The molecule has 4 N–H and O–H groups in total. The average molecular weight is 387 g/mol. The lowest BCUT2D eigenvalue weighted by Crippen LogP contribution is -2.53. The van der Waals surface area contributed by atoms with Crippen molar-refractivity contribution in [3.8, 4) is 0 Å². The first-order valence-corrected chi connectivity index (χ1v) is 8.61. The van der Waals surface area contributed by atoms with E-state index in [-0.39, 0.29) is 22.0 Å². The second-order valence-electron chi connectivity index (χ2n) is 5.31. The molecule has 2 aromatic carbocycles. The average Bonchev–Trinajstić information content (AvgIpc) is 2.62. The van der Waals surface area contributed by atoms with Gasteiger partial charge in [-0.2, -0.15) is 0 Å². The standard InChI is InChI=1S/C18H18N4O2S2/c1-12(19-17(25)21-15(23)13-8-4-2-5-9-13)20-18(26)22-16(24)14-10-6-3-7-11-14/h2-12H,1H3,(H2,19,21,23,25)(H2,20,22,24,26). The highest BCUT2D eigenvalue weighted by Gasteiger charge is 2.12. The van der Waals surface area contributed by atoms with Gasteiger partial charge in [-0.15, -0.1) is 0 Å². The van der Waals surface area contributed by atoms with Crippen LogP contribution in [0.1, 0.15) is 27.6 Å². The number of amides is 2. The predicted molar refractivity (Wildman–Crippen MR) is 109 cm³/mol. The monoisotopic (exact) mass is 386 g/mol. The number of hydrogen-bond acceptors (Lipinski definition) is 4. The topological polar surface area (TPSA) is 82.3 Å². The summed E-state index contributed by atoms with van der Waals surface area (Å²) in [6, 6.07) is 17.5. The molecule has 134 valence electrons. The van der Waals surface area contributed by atoms with Gasteiger partial charge in [-0.25, -0.2) is 0 Å². The summed E-state index contributed by atoms with van der Waals surface area (Å²) in [5.41, 5.74) is 1.01. The predicted octanol–water partition coefficient (Wildman–Crippen LogP) is 1.94. The smallest absolute Gasteiger partial charge is 0.257 e. The van der Waals surface area contributed by atoms with Crippen LogP contribution in [0.2, 0.25) is 0 Å². The Balaban J connectivity index is 1.77. The fourth-order valence-corrected chi connectivity index (χ4v) is 2.57. The van der Waals surface area contributed by atoms with E-state index in [4.69, 9.17) is 24.4 Å². The maximum Gasteiger partial charge on any atom is 0.257 e. The van der Waals surface area contributed by atoms with Crippen molar-refractivity contribution in [3.63, 3.8) is 0 Å². The molecule has 6 nitrogen and oxygen atoms in total. The van der Waals surface area contributed by atoms with Crippen molar-refractivity contribution in [1.29, 1.82) is 0 Å². The Hall–Kier alpha value is -2.84. The maximum absolute atomic E-state index is 12.0. The molecule has 0 aliphatic carbocycles. The van der Waals surface area contributed by atoms with Gasteiger partial charge in [0.1, 0.15) is 0 Å². The first kappa shape index (κ1) is 19.5. The molecule has 2 amide bonds. The molecule has 0 bridgehead atoms. The highest BCUT2D eigenvalue weighted by atomic mass is 32.1. The summed E-state index contributed by atoms with van der Waals surface area (Å²) in [6.07, 6.45) is -0.401. The van der Waals surface area contributed by atoms with Crippen LogP contribution in [0.15, 0.2) is 60.7 Å². The molecule has 0 atom stereocenters. The minimum atomic E-state index is -0.401. The Morgan fingerprint density at radius 3 is 1.42 bits per heavy atom. The molecular weight excluding hydrogens is 368 g/mol. The van der Waals surface area contributed by atoms with E-state index in [9.17, 15) is 9.59 Å². The van der Waals surface area contributed by atoms with E-state index in [2.05, 4.69) is 21.3 Å². The van der Waals surface area contributed by atoms with E-state index in [1.807, 2.05) is 12.1 Å². The van der Waals surface area contributed by atoms with Gasteiger partial charge in [0.05, 0.1) is 6.17 Å². The Bertz CT molecular complexity index is 730. The van der Waals surface area contributed by atoms with Crippen molar-refractivity contribution in [2.24, 2.45) is 0 Å². The van der Waals surface area contributed by atoms with Gasteiger partial charge in [0.15, 0.2) is 10.2 Å². The largest absolute Gasteiger partial charge is 0.343 e. The number of hydrogen-bond donors (Lipinski definition) is 4. The molecule has 0 heterocycles. The normalized spacial score (nSPS) is 9.92. The highest BCUT2D eigenvalue weighted by Crippen LogP contribution is 1.98. The third kappa shape index (κ3) is 6.23. The summed E-state index contributed by atoms with van der Waals surface area (Å²) in [5, 5.41) is 11.2. The number of thiocarbonyl (C=S) groups is 2. The van der Waals surface area contributed by atoms with E-state index >= 15 is 0 Å². The van der Waals surface area contributed by atoms with Crippen molar-refractivity contribution in [3.05, 3.63) is 71.8 Å². The molecule has 2 rings (SSSR count). The molecule has 0 saturated carbocycles. The van der Waals surface area contributed by atoms with E-state index in [1.165, 1.54) is 0 Å². The minimum Gasteiger partial charge on any atom is -0.343 e. The van der Waals surface area contributed by atoms with Gasteiger partial charge in [-0.05, 0) is 55.6 Å². The van der Waals surface area contributed by atoms with Crippen LogP contribution in [0.4, 0.5) is 0 Å². The quantitative estimate of drug-likeness (QED) is 0.475. The van der Waals surface area contributed by atoms with Crippen molar-refractivity contribution in [2.75, 3.05) is 0 Å². The van der Waals surface area contributed by atoms with Crippen LogP contribution in [0.25, 0.3) is 0 Å². The molecule has 0 aliphatic rings. The number of rotatable bonds is 4. The number of benzene rings is 2. The van der Waals surface area contributed by atoms with Crippen LogP contribution >= 0.6 is 24.4 Å². The Kier molecular flexibility index (Phi) is 7.19. The Morgan fingerprint density at radius 1 is 0.731 bits per heavy atom. The highest BCUT2D eigenvalue weighted by molar-refractivity contribution is 7.80. The Labute approximate surface area is 162 Å². The van der Waals surface area contributed by atoms with E-state index in [0.29, 0.717) is 11.1 Å². The molecule has 0 unspecified atom stereocenters. The SMILES string of the molecule is CC(NC(=S)NC(=O)c1ccccc1)NC(=S)NC(=O)c1ccccc1. The van der Waals surface area contributed by atoms with E-state index in [0.717, 1.165) is 0 Å². The fourth-order valence-electron chi connectivity index (χ4n) is 2.03. The van der Waals surface area contributed by atoms with Gasteiger partial charge < -0.3 is 10.6 Å². The first-order chi connectivity index (χ1) is 12.5. The molecule has 2 aromatic rings. The zero-order chi connectivity index (χ0) is 18.9. The number of carbonyl (C=O) groups excluding carboxylic acids is 2. The summed E-state index contributed by atoms with van der Waals surface area (Å²) in [7, 11) is 0. The second kappa shape index (κ2) is 9.59. The minimum absolute atomic E-state index is 0.149. The summed E-state index contributed by atoms with van der Waals surface area (Å²) in [4.78, 5) is 24.0. The summed E-state index contributed by atoms with van der Waals surface area (Å²) in [6.45, 7) is 1.75. The third-order valence-corrected chi connectivity index (χ3v) is 3.66. The van der Waals surface area contributed by atoms with Crippen molar-refractivity contribution < 1.29 is 9.59 Å². The van der Waals surface area contributed by atoms with Crippen molar-refractivity contribution in [2.45, 2.75) is 13.1 Å². The molecule has 0 saturated heterocycles. The second-order valence-corrected chi connectivity index (χ2v) is 6.13. The Morgan fingerprint density at radius 2 is 1.08 bits per heavy atom. The first-order valence-electron chi connectivity index (χ1n) is 7.79. The van der Waals surface area contributed by atoms with Crippen LogP contribution < -0.4 is 21.3 Å². The molecule has 8 heteroatoms. The number of carbonyl (C=O) groups is 2. The van der Waals surface area contributed by atoms with Crippen molar-refractivity contribution >= 4 is 46.5 Å². The van der Waals surface area contributed by atoms with E-state index in [1.54, 1.807) is 55.5 Å². The molecular formula is C18H18N4O2S2. The molecule has 0 aliphatic heterocycles. The molecule has 0 aromatic heterocycles. The van der Waals surface area contributed by atoms with Gasteiger partial charge in [0, 0.05) is 11.1 Å². The van der Waals surface area contributed by atoms with Crippen molar-refractivity contribution in [1.82, 2.24) is 21.3 Å². The van der Waals surface area contributed by atoms with Gasteiger partial charge in [-0.1, -0.05) is 36.4 Å². The van der Waals surface area contributed by atoms with Crippen LogP contribution in [0, 0.1) is 0 Å². The molecule has 0 fully saturated rings. The zero-order valence-electron chi connectivity index (χ0n) is 14.0. The maximum atomic E-state index is 12.0.